The Morgan fingerprint density at radius 2 is 1.33 bits per heavy atom. The molecule has 15 heavy (non-hydrogen) atoms. The minimum atomic E-state index is -0.0602. The predicted octanol–water partition coefficient (Wildman–Crippen LogP) is 0.867. The lowest BCUT2D eigenvalue weighted by Crippen LogP contribution is -2.24. The standard InChI is InChI=1S/C6H13N.C5H7NO2/c1-7-5-3-2-4-6-7;1-6-4(7)2-3-5(6)8/h2-6H2,1H3;2-3H2,1H3. The lowest BCUT2D eigenvalue weighted by molar-refractivity contribution is -0.136. The van der Waals surface area contributed by atoms with Crippen LogP contribution in [-0.4, -0.2) is 48.8 Å². The fourth-order valence-electron chi connectivity index (χ4n) is 1.74. The number of carbonyl (C=O) groups excluding carboxylic acids is 2. The van der Waals surface area contributed by atoms with Crippen molar-refractivity contribution in [2.75, 3.05) is 27.2 Å². The van der Waals surface area contributed by atoms with Gasteiger partial charge in [-0.1, -0.05) is 6.42 Å². The number of hydrogen-bond acceptors (Lipinski definition) is 3. The third kappa shape index (κ3) is 4.00. The topological polar surface area (TPSA) is 40.6 Å². The summed E-state index contributed by atoms with van der Waals surface area (Å²) in [5.74, 6) is -0.120. The van der Waals surface area contributed by atoms with Crippen molar-refractivity contribution < 1.29 is 9.59 Å². The Kier molecular flexibility index (Phi) is 4.75. The highest BCUT2D eigenvalue weighted by atomic mass is 16.2. The highest BCUT2D eigenvalue weighted by Crippen LogP contribution is 2.07. The van der Waals surface area contributed by atoms with E-state index in [1.807, 2.05) is 0 Å². The zero-order valence-electron chi connectivity index (χ0n) is 9.66. The zero-order valence-corrected chi connectivity index (χ0v) is 9.66. The maximum absolute atomic E-state index is 10.5. The van der Waals surface area contributed by atoms with Crippen LogP contribution in [0.3, 0.4) is 0 Å². The Bertz CT molecular complexity index is 219. The Labute approximate surface area is 91.2 Å². The van der Waals surface area contributed by atoms with Crippen molar-refractivity contribution in [1.29, 1.82) is 0 Å². The Morgan fingerprint density at radius 1 is 0.867 bits per heavy atom. The molecule has 2 rings (SSSR count). The van der Waals surface area contributed by atoms with Crippen molar-refractivity contribution in [1.82, 2.24) is 9.80 Å². The first kappa shape index (κ1) is 12.2. The average molecular weight is 212 g/mol. The molecule has 4 nitrogen and oxygen atoms in total. The summed E-state index contributed by atoms with van der Waals surface area (Å²) in [6, 6.07) is 0. The van der Waals surface area contributed by atoms with E-state index in [-0.39, 0.29) is 11.8 Å². The SMILES string of the molecule is CN1C(=O)CCC1=O.CN1CCCCC1. The molecule has 0 atom stereocenters. The normalized spacial score (nSPS) is 22.7. The van der Waals surface area contributed by atoms with Gasteiger partial charge in [0.15, 0.2) is 0 Å². The number of amides is 2. The van der Waals surface area contributed by atoms with Gasteiger partial charge in [0.2, 0.25) is 11.8 Å². The fourth-order valence-corrected chi connectivity index (χ4v) is 1.74. The van der Waals surface area contributed by atoms with Crippen LogP contribution >= 0.6 is 0 Å². The van der Waals surface area contributed by atoms with Crippen molar-refractivity contribution in [2.45, 2.75) is 32.1 Å². The number of imide groups is 1. The second-order valence-corrected chi connectivity index (χ2v) is 4.21. The van der Waals surface area contributed by atoms with E-state index >= 15 is 0 Å². The Morgan fingerprint density at radius 3 is 1.53 bits per heavy atom. The van der Waals surface area contributed by atoms with Gasteiger partial charge < -0.3 is 4.90 Å². The summed E-state index contributed by atoms with van der Waals surface area (Å²) in [4.78, 5) is 24.5. The number of rotatable bonds is 0. The molecule has 2 saturated heterocycles. The molecule has 2 fully saturated rings. The summed E-state index contributed by atoms with van der Waals surface area (Å²) in [5.41, 5.74) is 0. The number of nitrogens with zero attached hydrogens (tertiary/aromatic N) is 2. The van der Waals surface area contributed by atoms with Crippen LogP contribution in [0, 0.1) is 0 Å². The lowest BCUT2D eigenvalue weighted by atomic mass is 10.1. The molecule has 2 amide bonds. The van der Waals surface area contributed by atoms with Crippen molar-refractivity contribution in [3.63, 3.8) is 0 Å². The largest absolute Gasteiger partial charge is 0.306 e. The minimum absolute atomic E-state index is 0.0602. The Hall–Kier alpha value is -0.900. The minimum Gasteiger partial charge on any atom is -0.306 e. The van der Waals surface area contributed by atoms with Crippen molar-refractivity contribution >= 4 is 11.8 Å². The number of piperidine rings is 1. The van der Waals surface area contributed by atoms with E-state index in [1.165, 1.54) is 44.3 Å². The van der Waals surface area contributed by atoms with Crippen LogP contribution < -0.4 is 0 Å². The number of hydrogen-bond donors (Lipinski definition) is 0. The third-order valence-electron chi connectivity index (χ3n) is 2.88. The van der Waals surface area contributed by atoms with Crippen LogP contribution in [0.5, 0.6) is 0 Å². The van der Waals surface area contributed by atoms with Crippen LogP contribution in [0.4, 0.5) is 0 Å². The average Bonchev–Trinajstić information content (AvgIpc) is 2.52. The summed E-state index contributed by atoms with van der Waals surface area (Å²) >= 11 is 0. The Balaban J connectivity index is 0.000000151. The number of carbonyl (C=O) groups is 2. The second kappa shape index (κ2) is 5.85. The lowest BCUT2D eigenvalue weighted by Gasteiger charge is -2.20. The van der Waals surface area contributed by atoms with E-state index in [2.05, 4.69) is 11.9 Å². The van der Waals surface area contributed by atoms with Gasteiger partial charge in [-0.05, 0) is 33.0 Å². The van der Waals surface area contributed by atoms with Gasteiger partial charge >= 0.3 is 0 Å². The van der Waals surface area contributed by atoms with E-state index in [4.69, 9.17) is 0 Å². The van der Waals surface area contributed by atoms with Crippen molar-refractivity contribution in [3.8, 4) is 0 Å². The summed E-state index contributed by atoms with van der Waals surface area (Å²) in [5, 5.41) is 0. The van der Waals surface area contributed by atoms with Crippen LogP contribution in [0.25, 0.3) is 0 Å². The highest BCUT2D eigenvalue weighted by molar-refractivity contribution is 6.01. The first-order valence-electron chi connectivity index (χ1n) is 5.59. The van der Waals surface area contributed by atoms with Crippen LogP contribution in [0.1, 0.15) is 32.1 Å². The van der Waals surface area contributed by atoms with Crippen LogP contribution in [0.2, 0.25) is 0 Å². The van der Waals surface area contributed by atoms with Crippen molar-refractivity contribution in [3.05, 3.63) is 0 Å². The van der Waals surface area contributed by atoms with Gasteiger partial charge in [-0.2, -0.15) is 0 Å². The van der Waals surface area contributed by atoms with Gasteiger partial charge in [0.25, 0.3) is 0 Å². The molecule has 0 aromatic heterocycles. The molecule has 2 aliphatic rings. The first-order chi connectivity index (χ1) is 7.11. The van der Waals surface area contributed by atoms with Crippen LogP contribution in [-0.2, 0) is 9.59 Å². The summed E-state index contributed by atoms with van der Waals surface area (Å²) in [7, 11) is 3.71. The number of likely N-dealkylation sites (tertiary alicyclic amines) is 2. The molecule has 0 radical (unpaired) electrons. The van der Waals surface area contributed by atoms with Gasteiger partial charge in [0.05, 0.1) is 0 Å². The quantitative estimate of drug-likeness (QED) is 0.559. The molecule has 0 saturated carbocycles. The predicted molar refractivity (Wildman–Crippen MR) is 58.4 cm³/mol. The molecule has 0 bridgehead atoms. The maximum atomic E-state index is 10.5. The molecule has 0 aromatic rings. The van der Waals surface area contributed by atoms with E-state index in [0.717, 1.165) is 0 Å². The van der Waals surface area contributed by atoms with Gasteiger partial charge in [0, 0.05) is 19.9 Å². The van der Waals surface area contributed by atoms with Crippen molar-refractivity contribution in [2.24, 2.45) is 0 Å². The van der Waals surface area contributed by atoms with E-state index in [9.17, 15) is 9.59 Å². The molecule has 0 aromatic carbocycles. The van der Waals surface area contributed by atoms with Gasteiger partial charge in [-0.25, -0.2) is 0 Å². The van der Waals surface area contributed by atoms with E-state index in [1.54, 1.807) is 0 Å². The molecule has 4 heteroatoms. The van der Waals surface area contributed by atoms with Gasteiger partial charge in [-0.15, -0.1) is 0 Å². The van der Waals surface area contributed by atoms with E-state index in [0.29, 0.717) is 12.8 Å². The van der Waals surface area contributed by atoms with Crippen LogP contribution in [0.15, 0.2) is 0 Å². The molecule has 0 spiro atoms. The summed E-state index contributed by atoms with van der Waals surface area (Å²) in [6.45, 7) is 2.64. The highest BCUT2D eigenvalue weighted by Gasteiger charge is 2.24. The molecule has 0 aliphatic carbocycles. The second-order valence-electron chi connectivity index (χ2n) is 4.21. The molecule has 2 heterocycles. The monoisotopic (exact) mass is 212 g/mol. The fraction of sp³-hybridized carbons (Fsp3) is 0.818. The molecule has 2 aliphatic heterocycles. The third-order valence-corrected chi connectivity index (χ3v) is 2.88. The zero-order chi connectivity index (χ0) is 11.3. The summed E-state index contributed by atoms with van der Waals surface area (Å²) in [6.07, 6.45) is 5.07. The molecule has 0 unspecified atom stereocenters. The smallest absolute Gasteiger partial charge is 0.229 e. The molecular formula is C11H20N2O2. The maximum Gasteiger partial charge on any atom is 0.229 e. The van der Waals surface area contributed by atoms with Gasteiger partial charge in [-0.3, -0.25) is 14.5 Å². The molecular weight excluding hydrogens is 192 g/mol. The molecule has 0 N–H and O–H groups in total. The molecule has 86 valence electrons. The van der Waals surface area contributed by atoms with E-state index < -0.39 is 0 Å². The first-order valence-corrected chi connectivity index (χ1v) is 5.59. The summed E-state index contributed by atoms with van der Waals surface area (Å²) < 4.78 is 0. The van der Waals surface area contributed by atoms with Gasteiger partial charge in [0.1, 0.15) is 0 Å².